The van der Waals surface area contributed by atoms with E-state index in [2.05, 4.69) is 15.9 Å². The fourth-order valence-electron chi connectivity index (χ4n) is 0.903. The molecule has 0 aliphatic carbocycles. The maximum atomic E-state index is 11.2. The maximum absolute atomic E-state index is 11.2. The van der Waals surface area contributed by atoms with Crippen molar-refractivity contribution in [3.63, 3.8) is 0 Å². The first-order valence-corrected chi connectivity index (χ1v) is 4.36. The van der Waals surface area contributed by atoms with Gasteiger partial charge in [-0.3, -0.25) is 9.59 Å². The molecule has 13 heavy (non-hydrogen) atoms. The molecule has 0 saturated carbocycles. The molecule has 0 saturated heterocycles. The van der Waals surface area contributed by atoms with E-state index in [1.807, 2.05) is 0 Å². The van der Waals surface area contributed by atoms with Crippen LogP contribution >= 0.6 is 15.9 Å². The first kappa shape index (κ1) is 9.92. The summed E-state index contributed by atoms with van der Waals surface area (Å²) in [5.41, 5.74) is -0.536. The Balaban J connectivity index is 3.62. The first-order chi connectivity index (χ1) is 6.04. The van der Waals surface area contributed by atoms with Crippen molar-refractivity contribution >= 4 is 21.7 Å². The Bertz CT molecular complexity index is 412. The highest BCUT2D eigenvalue weighted by molar-refractivity contribution is 9.10. The highest BCUT2D eigenvalue weighted by Gasteiger charge is 2.09. The molecule has 0 atom stereocenters. The third-order valence-electron chi connectivity index (χ3n) is 1.57. The standard InChI is InChI=1S/C9H7BrO3/c1-5(11)6-3-2-4-7(10)9(13)8(6)12/h2-4H,1H3,(H,12,13). The largest absolute Gasteiger partial charge is 0.504 e. The number of carbonyl (C=O) groups is 1. The van der Waals surface area contributed by atoms with Gasteiger partial charge in [-0.15, -0.1) is 0 Å². The lowest BCUT2D eigenvalue weighted by molar-refractivity contribution is 0.101. The lowest BCUT2D eigenvalue weighted by atomic mass is 10.2. The average molecular weight is 243 g/mol. The van der Waals surface area contributed by atoms with E-state index < -0.39 is 11.2 Å². The van der Waals surface area contributed by atoms with E-state index in [1.165, 1.54) is 25.1 Å². The van der Waals surface area contributed by atoms with Gasteiger partial charge in [-0.25, -0.2) is 0 Å². The minimum absolute atomic E-state index is 0.0377. The number of Topliss-reactive ketones (excluding diaryl/α,β-unsaturated/α-hetero) is 1. The van der Waals surface area contributed by atoms with Crippen LogP contribution in [0.15, 0.2) is 27.5 Å². The van der Waals surface area contributed by atoms with Crippen molar-refractivity contribution in [3.8, 4) is 5.75 Å². The predicted molar refractivity (Wildman–Crippen MR) is 52.1 cm³/mol. The van der Waals surface area contributed by atoms with Crippen LogP contribution in [-0.4, -0.2) is 10.9 Å². The molecule has 1 rings (SSSR count). The van der Waals surface area contributed by atoms with Gasteiger partial charge in [0.15, 0.2) is 11.5 Å². The Hall–Kier alpha value is -1.16. The number of carbonyl (C=O) groups excluding carboxylic acids is 1. The molecular formula is C9H7BrO3. The SMILES string of the molecule is CC(=O)c1cccc(Br)c(=O)c1O. The summed E-state index contributed by atoms with van der Waals surface area (Å²) in [5, 5.41) is 9.35. The lowest BCUT2D eigenvalue weighted by Crippen LogP contribution is -2.02. The van der Waals surface area contributed by atoms with E-state index in [-0.39, 0.29) is 15.8 Å². The normalized spacial score (nSPS) is 9.69. The van der Waals surface area contributed by atoms with E-state index in [1.54, 1.807) is 0 Å². The monoisotopic (exact) mass is 242 g/mol. The van der Waals surface area contributed by atoms with Crippen molar-refractivity contribution in [2.24, 2.45) is 0 Å². The van der Waals surface area contributed by atoms with Crippen LogP contribution in [0.1, 0.15) is 17.3 Å². The molecule has 68 valence electrons. The molecule has 0 aromatic heterocycles. The Morgan fingerprint density at radius 1 is 1.46 bits per heavy atom. The number of aromatic hydroxyl groups is 1. The summed E-state index contributed by atoms with van der Waals surface area (Å²) in [6.07, 6.45) is 0. The van der Waals surface area contributed by atoms with Crippen molar-refractivity contribution in [3.05, 3.63) is 38.5 Å². The van der Waals surface area contributed by atoms with Gasteiger partial charge in [0, 0.05) is 0 Å². The van der Waals surface area contributed by atoms with Gasteiger partial charge in [-0.1, -0.05) is 6.07 Å². The van der Waals surface area contributed by atoms with Gasteiger partial charge < -0.3 is 5.11 Å². The Labute approximate surface area is 83.2 Å². The van der Waals surface area contributed by atoms with Crippen molar-refractivity contribution in [2.45, 2.75) is 6.92 Å². The van der Waals surface area contributed by atoms with Crippen molar-refractivity contribution in [2.75, 3.05) is 0 Å². The van der Waals surface area contributed by atoms with Gasteiger partial charge in [0.1, 0.15) is 0 Å². The molecule has 0 amide bonds. The summed E-state index contributed by atoms with van der Waals surface area (Å²) >= 11 is 2.98. The molecule has 1 aromatic carbocycles. The van der Waals surface area contributed by atoms with Crippen LogP contribution in [0.5, 0.6) is 5.75 Å². The summed E-state index contributed by atoms with van der Waals surface area (Å²) in [7, 11) is 0. The lowest BCUT2D eigenvalue weighted by Gasteiger charge is -1.92. The molecule has 1 N–H and O–H groups in total. The molecule has 3 nitrogen and oxygen atoms in total. The molecule has 0 radical (unpaired) electrons. The summed E-state index contributed by atoms with van der Waals surface area (Å²) in [6.45, 7) is 1.29. The maximum Gasteiger partial charge on any atom is 0.234 e. The van der Waals surface area contributed by atoms with E-state index in [9.17, 15) is 14.7 Å². The highest BCUT2D eigenvalue weighted by atomic mass is 79.9. The van der Waals surface area contributed by atoms with E-state index in [0.29, 0.717) is 0 Å². The van der Waals surface area contributed by atoms with Crippen LogP contribution in [0.3, 0.4) is 0 Å². The van der Waals surface area contributed by atoms with Crippen LogP contribution in [0.2, 0.25) is 0 Å². The average Bonchev–Trinajstić information content (AvgIpc) is 2.18. The number of rotatable bonds is 1. The fourth-order valence-corrected chi connectivity index (χ4v) is 1.24. The Morgan fingerprint density at radius 3 is 2.62 bits per heavy atom. The smallest absolute Gasteiger partial charge is 0.234 e. The molecule has 0 unspecified atom stereocenters. The Morgan fingerprint density at radius 2 is 2.08 bits per heavy atom. The number of ketones is 1. The minimum atomic E-state index is -0.574. The van der Waals surface area contributed by atoms with Crippen LogP contribution in [0, 0.1) is 0 Å². The molecule has 0 fully saturated rings. The van der Waals surface area contributed by atoms with Crippen molar-refractivity contribution in [1.82, 2.24) is 0 Å². The molecule has 4 heteroatoms. The van der Waals surface area contributed by atoms with Gasteiger partial charge in [0.2, 0.25) is 5.43 Å². The van der Waals surface area contributed by atoms with Gasteiger partial charge in [0.05, 0.1) is 10.0 Å². The van der Waals surface area contributed by atoms with Crippen LogP contribution < -0.4 is 5.43 Å². The van der Waals surface area contributed by atoms with Crippen molar-refractivity contribution < 1.29 is 9.90 Å². The summed E-state index contributed by atoms with van der Waals surface area (Å²) in [6, 6.07) is 4.42. The van der Waals surface area contributed by atoms with Gasteiger partial charge in [-0.05, 0) is 35.0 Å². The second kappa shape index (κ2) is 3.70. The summed E-state index contributed by atoms with van der Waals surface area (Å²) in [5.74, 6) is -0.845. The number of halogens is 1. The highest BCUT2D eigenvalue weighted by Crippen LogP contribution is 2.13. The molecule has 0 aliphatic rings. The second-order valence-electron chi connectivity index (χ2n) is 2.52. The third kappa shape index (κ3) is 1.95. The molecule has 0 bridgehead atoms. The van der Waals surface area contributed by atoms with Crippen LogP contribution in [0.4, 0.5) is 0 Å². The molecule has 0 aliphatic heterocycles. The van der Waals surface area contributed by atoms with Crippen molar-refractivity contribution in [1.29, 1.82) is 0 Å². The predicted octanol–water partition coefficient (Wildman–Crippen LogP) is 1.72. The van der Waals surface area contributed by atoms with Crippen LogP contribution in [0.25, 0.3) is 0 Å². The number of hydrogen-bond donors (Lipinski definition) is 1. The topological polar surface area (TPSA) is 54.4 Å². The molecule has 0 spiro atoms. The second-order valence-corrected chi connectivity index (χ2v) is 3.38. The minimum Gasteiger partial charge on any atom is -0.504 e. The van der Waals surface area contributed by atoms with E-state index >= 15 is 0 Å². The zero-order valence-corrected chi connectivity index (χ0v) is 8.46. The summed E-state index contributed by atoms with van der Waals surface area (Å²) < 4.78 is 0.234. The van der Waals surface area contributed by atoms with Gasteiger partial charge >= 0.3 is 0 Å². The fraction of sp³-hybridized carbons (Fsp3) is 0.111. The van der Waals surface area contributed by atoms with Crippen LogP contribution in [-0.2, 0) is 0 Å². The molecule has 1 aromatic rings. The van der Waals surface area contributed by atoms with E-state index in [4.69, 9.17) is 0 Å². The molecule has 0 heterocycles. The zero-order valence-electron chi connectivity index (χ0n) is 6.87. The zero-order chi connectivity index (χ0) is 10.0. The molecular weight excluding hydrogens is 236 g/mol. The van der Waals surface area contributed by atoms with Gasteiger partial charge in [0.25, 0.3) is 0 Å². The summed E-state index contributed by atoms with van der Waals surface area (Å²) in [4.78, 5) is 22.2. The Kier molecular flexibility index (Phi) is 2.83. The van der Waals surface area contributed by atoms with Gasteiger partial charge in [-0.2, -0.15) is 0 Å². The first-order valence-electron chi connectivity index (χ1n) is 3.56. The van der Waals surface area contributed by atoms with E-state index in [0.717, 1.165) is 0 Å². The third-order valence-corrected chi connectivity index (χ3v) is 2.20. The quantitative estimate of drug-likeness (QED) is 0.764. The number of hydrogen-bond acceptors (Lipinski definition) is 3.